The number of hydrogen-bond donors (Lipinski definition) is 1. The van der Waals surface area contributed by atoms with Gasteiger partial charge < -0.3 is 9.84 Å². The van der Waals surface area contributed by atoms with Crippen LogP contribution in [0.5, 0.6) is 5.75 Å². The van der Waals surface area contributed by atoms with Crippen molar-refractivity contribution >= 4 is 5.97 Å². The summed E-state index contributed by atoms with van der Waals surface area (Å²) in [4.78, 5) is 10.7. The van der Waals surface area contributed by atoms with Crippen LogP contribution in [0.1, 0.15) is 56.3 Å². The molecule has 19 heavy (non-hydrogen) atoms. The van der Waals surface area contributed by atoms with Gasteiger partial charge in [-0.25, -0.2) is 4.79 Å². The van der Waals surface area contributed by atoms with Crippen molar-refractivity contribution in [3.05, 3.63) is 29.8 Å². The van der Waals surface area contributed by atoms with Crippen molar-refractivity contribution in [2.75, 3.05) is 6.61 Å². The Kier molecular flexibility index (Phi) is 7.01. The SMILES string of the molecule is CCC(C)CCCCCOc1ccc(C(=O)O)cc1. The fourth-order valence-electron chi connectivity index (χ4n) is 1.86. The third-order valence-electron chi connectivity index (χ3n) is 3.41. The third-order valence-corrected chi connectivity index (χ3v) is 3.41. The van der Waals surface area contributed by atoms with Gasteiger partial charge >= 0.3 is 5.97 Å². The first-order valence-electron chi connectivity index (χ1n) is 7.09. The molecule has 0 aliphatic carbocycles. The Morgan fingerprint density at radius 2 is 1.89 bits per heavy atom. The molecular formula is C16H24O3. The predicted octanol–water partition coefficient (Wildman–Crippen LogP) is 4.37. The number of carboxylic acid groups (broad SMARTS) is 1. The lowest BCUT2D eigenvalue weighted by Gasteiger charge is -2.08. The minimum atomic E-state index is -0.906. The molecule has 0 aliphatic heterocycles. The Balaban J connectivity index is 2.14. The molecule has 0 amide bonds. The van der Waals surface area contributed by atoms with Crippen LogP contribution in [0.3, 0.4) is 0 Å². The van der Waals surface area contributed by atoms with Gasteiger partial charge in [0.15, 0.2) is 0 Å². The van der Waals surface area contributed by atoms with Crippen molar-refractivity contribution in [3.8, 4) is 5.75 Å². The molecule has 0 heterocycles. The zero-order valence-corrected chi connectivity index (χ0v) is 11.9. The fourth-order valence-corrected chi connectivity index (χ4v) is 1.86. The molecule has 0 saturated heterocycles. The lowest BCUT2D eigenvalue weighted by molar-refractivity contribution is 0.0697. The maximum Gasteiger partial charge on any atom is 0.335 e. The van der Waals surface area contributed by atoms with Crippen molar-refractivity contribution in [1.82, 2.24) is 0 Å². The topological polar surface area (TPSA) is 46.5 Å². The van der Waals surface area contributed by atoms with Gasteiger partial charge in [0.05, 0.1) is 12.2 Å². The second-order valence-corrected chi connectivity index (χ2v) is 5.04. The van der Waals surface area contributed by atoms with Crippen LogP contribution in [-0.4, -0.2) is 17.7 Å². The van der Waals surface area contributed by atoms with Gasteiger partial charge in [0.1, 0.15) is 5.75 Å². The van der Waals surface area contributed by atoms with Crippen LogP contribution in [0.15, 0.2) is 24.3 Å². The molecule has 0 fully saturated rings. The van der Waals surface area contributed by atoms with E-state index >= 15 is 0 Å². The zero-order valence-electron chi connectivity index (χ0n) is 11.9. The molecule has 3 nitrogen and oxygen atoms in total. The molecular weight excluding hydrogens is 240 g/mol. The number of rotatable bonds is 9. The normalized spacial score (nSPS) is 12.1. The van der Waals surface area contributed by atoms with Gasteiger partial charge in [0.25, 0.3) is 0 Å². The van der Waals surface area contributed by atoms with Crippen LogP contribution in [-0.2, 0) is 0 Å². The minimum Gasteiger partial charge on any atom is -0.494 e. The molecule has 1 atom stereocenters. The summed E-state index contributed by atoms with van der Waals surface area (Å²) in [7, 11) is 0. The summed E-state index contributed by atoms with van der Waals surface area (Å²) in [6, 6.07) is 6.56. The lowest BCUT2D eigenvalue weighted by atomic mass is 10.0. The third kappa shape index (κ3) is 6.27. The number of benzene rings is 1. The number of aromatic carboxylic acids is 1. The largest absolute Gasteiger partial charge is 0.494 e. The van der Waals surface area contributed by atoms with E-state index in [4.69, 9.17) is 9.84 Å². The van der Waals surface area contributed by atoms with E-state index in [-0.39, 0.29) is 0 Å². The summed E-state index contributed by atoms with van der Waals surface area (Å²) in [5.74, 6) is 0.660. The number of carboxylic acids is 1. The average Bonchev–Trinajstić information content (AvgIpc) is 2.42. The van der Waals surface area contributed by atoms with Gasteiger partial charge in [-0.15, -0.1) is 0 Å². The first kappa shape index (κ1) is 15.5. The molecule has 0 aliphatic rings. The maximum absolute atomic E-state index is 10.7. The molecule has 3 heteroatoms. The van der Waals surface area contributed by atoms with Crippen molar-refractivity contribution in [3.63, 3.8) is 0 Å². The minimum absolute atomic E-state index is 0.293. The van der Waals surface area contributed by atoms with Crippen molar-refractivity contribution in [1.29, 1.82) is 0 Å². The standard InChI is InChI=1S/C16H24O3/c1-3-13(2)7-5-4-6-12-19-15-10-8-14(9-11-15)16(17)18/h8-11,13H,3-7,12H2,1-2H3,(H,17,18). The summed E-state index contributed by atoms with van der Waals surface area (Å²) in [5, 5.41) is 8.77. The molecule has 1 N–H and O–H groups in total. The Labute approximate surface area is 115 Å². The van der Waals surface area contributed by atoms with Gasteiger partial charge in [0, 0.05) is 0 Å². The molecule has 1 aromatic rings. The van der Waals surface area contributed by atoms with Gasteiger partial charge in [-0.05, 0) is 36.6 Å². The predicted molar refractivity (Wildman–Crippen MR) is 76.8 cm³/mol. The van der Waals surface area contributed by atoms with Crippen molar-refractivity contribution in [2.45, 2.75) is 46.0 Å². The van der Waals surface area contributed by atoms with Crippen LogP contribution in [0.2, 0.25) is 0 Å². The van der Waals surface area contributed by atoms with E-state index in [1.54, 1.807) is 24.3 Å². The molecule has 0 spiro atoms. The molecule has 1 unspecified atom stereocenters. The van der Waals surface area contributed by atoms with Crippen molar-refractivity contribution in [2.24, 2.45) is 5.92 Å². The number of carbonyl (C=O) groups is 1. The maximum atomic E-state index is 10.7. The summed E-state index contributed by atoms with van der Waals surface area (Å²) in [5.41, 5.74) is 0.293. The monoisotopic (exact) mass is 264 g/mol. The van der Waals surface area contributed by atoms with Crippen molar-refractivity contribution < 1.29 is 14.6 Å². The van der Waals surface area contributed by atoms with Crippen LogP contribution >= 0.6 is 0 Å². The average molecular weight is 264 g/mol. The molecule has 0 saturated carbocycles. The Bertz CT molecular complexity index is 370. The smallest absolute Gasteiger partial charge is 0.335 e. The van der Waals surface area contributed by atoms with Gasteiger partial charge in [-0.1, -0.05) is 39.5 Å². The van der Waals surface area contributed by atoms with Crippen LogP contribution in [0, 0.1) is 5.92 Å². The van der Waals surface area contributed by atoms with Gasteiger partial charge in [-0.3, -0.25) is 0 Å². The molecule has 106 valence electrons. The molecule has 0 bridgehead atoms. The molecule has 1 rings (SSSR count). The summed E-state index contributed by atoms with van der Waals surface area (Å²) in [6.45, 7) is 5.22. The number of unbranched alkanes of at least 4 members (excludes halogenated alkanes) is 2. The van der Waals surface area contributed by atoms with Gasteiger partial charge in [0.2, 0.25) is 0 Å². The Morgan fingerprint density at radius 1 is 1.21 bits per heavy atom. The van der Waals surface area contributed by atoms with Gasteiger partial charge in [-0.2, -0.15) is 0 Å². The highest BCUT2D eigenvalue weighted by Crippen LogP contribution is 2.14. The zero-order chi connectivity index (χ0) is 14.1. The Morgan fingerprint density at radius 3 is 2.47 bits per heavy atom. The fraction of sp³-hybridized carbons (Fsp3) is 0.562. The lowest BCUT2D eigenvalue weighted by Crippen LogP contribution is -2.00. The summed E-state index contributed by atoms with van der Waals surface area (Å²) >= 11 is 0. The molecule has 1 aromatic carbocycles. The van der Waals surface area contributed by atoms with E-state index in [9.17, 15) is 4.79 Å². The first-order chi connectivity index (χ1) is 9.13. The number of ether oxygens (including phenoxy) is 1. The summed E-state index contributed by atoms with van der Waals surface area (Å²) < 4.78 is 5.58. The molecule has 0 aromatic heterocycles. The van der Waals surface area contributed by atoms with E-state index < -0.39 is 5.97 Å². The highest BCUT2D eigenvalue weighted by Gasteiger charge is 2.02. The highest BCUT2D eigenvalue weighted by molar-refractivity contribution is 5.87. The van der Waals surface area contributed by atoms with Crippen LogP contribution in [0.25, 0.3) is 0 Å². The van der Waals surface area contributed by atoms with E-state index in [1.807, 2.05) is 0 Å². The summed E-state index contributed by atoms with van der Waals surface area (Å²) in [6.07, 6.45) is 6.06. The number of hydrogen-bond acceptors (Lipinski definition) is 2. The van der Waals surface area contributed by atoms with E-state index in [1.165, 1.54) is 25.7 Å². The molecule has 0 radical (unpaired) electrons. The first-order valence-corrected chi connectivity index (χ1v) is 7.09. The van der Waals surface area contributed by atoms with E-state index in [0.717, 1.165) is 18.1 Å². The van der Waals surface area contributed by atoms with Crippen LogP contribution in [0.4, 0.5) is 0 Å². The Hall–Kier alpha value is -1.51. The highest BCUT2D eigenvalue weighted by atomic mass is 16.5. The second-order valence-electron chi connectivity index (χ2n) is 5.04. The quantitative estimate of drug-likeness (QED) is 0.674. The van der Waals surface area contributed by atoms with Crippen LogP contribution < -0.4 is 4.74 Å². The van der Waals surface area contributed by atoms with E-state index in [2.05, 4.69) is 13.8 Å². The second kappa shape index (κ2) is 8.57. The van der Waals surface area contributed by atoms with E-state index in [0.29, 0.717) is 12.2 Å².